The molecule has 3 aromatic heterocycles. The smallest absolute Gasteiger partial charge is 0.407 e. The van der Waals surface area contributed by atoms with Crippen LogP contribution in [0.5, 0.6) is 0 Å². The number of carbonyl (C=O) groups is 1. The summed E-state index contributed by atoms with van der Waals surface area (Å²) in [5.74, 6) is 1.29. The molecule has 0 radical (unpaired) electrons. The molecule has 1 saturated carbocycles. The molecule has 1 saturated heterocycles. The average molecular weight is 670 g/mol. The Morgan fingerprint density at radius 3 is 2.42 bits per heavy atom. The highest BCUT2D eigenvalue weighted by atomic mass is 35.5. The normalized spacial score (nSPS) is 20.0. The first kappa shape index (κ1) is 31.1. The number of ether oxygens (including phenoxy) is 1. The Hall–Kier alpha value is -3.88. The summed E-state index contributed by atoms with van der Waals surface area (Å²) in [6.45, 7) is 6.77. The molecule has 0 bridgehead atoms. The van der Waals surface area contributed by atoms with E-state index < -0.39 is 32.5 Å². The fourth-order valence-electron chi connectivity index (χ4n) is 5.70. The number of hydrogen-bond acceptors (Lipinski definition) is 10. The van der Waals surface area contributed by atoms with Gasteiger partial charge < -0.3 is 15.0 Å². The van der Waals surface area contributed by atoms with Crippen molar-refractivity contribution in [3.8, 4) is 22.3 Å². The van der Waals surface area contributed by atoms with Crippen LogP contribution < -0.4 is 14.9 Å². The molecule has 4 aromatic rings. The number of hydrogen-bond donors (Lipinski definition) is 2. The first-order valence-electron chi connectivity index (χ1n) is 14.2. The van der Waals surface area contributed by atoms with Crippen LogP contribution in [0.15, 0.2) is 53.9 Å². The van der Waals surface area contributed by atoms with E-state index in [1.54, 1.807) is 30.6 Å². The van der Waals surface area contributed by atoms with Gasteiger partial charge in [-0.05, 0) is 50.6 Å². The van der Waals surface area contributed by atoms with Gasteiger partial charge in [0.1, 0.15) is 17.2 Å². The number of alkyl carbamates (subject to hydrolysis) is 1. The molecule has 1 aliphatic heterocycles. The van der Waals surface area contributed by atoms with Gasteiger partial charge in [0, 0.05) is 76.7 Å². The monoisotopic (exact) mass is 669 g/mol. The van der Waals surface area contributed by atoms with Gasteiger partial charge in [-0.3, -0.25) is 8.93 Å². The molecular weight excluding hydrogens is 638 g/mol. The highest BCUT2D eigenvalue weighted by Crippen LogP contribution is 2.50. The zero-order valence-electron chi connectivity index (χ0n) is 25.2. The van der Waals surface area contributed by atoms with Gasteiger partial charge in [0.2, 0.25) is 15.2 Å². The zero-order chi connectivity index (χ0) is 32.3. The van der Waals surface area contributed by atoms with E-state index >= 15 is 0 Å². The molecule has 2 N–H and O–H groups in total. The number of halogens is 1. The van der Waals surface area contributed by atoms with Gasteiger partial charge in [-0.15, -0.1) is 0 Å². The van der Waals surface area contributed by atoms with Crippen LogP contribution in [0.4, 0.5) is 16.4 Å². The lowest BCUT2D eigenvalue weighted by Gasteiger charge is -2.26. The van der Waals surface area contributed by atoms with E-state index in [-0.39, 0.29) is 28.9 Å². The number of amides is 1. The summed E-state index contributed by atoms with van der Waals surface area (Å²) in [6, 6.07) is 10.8. The molecule has 2 aliphatic rings. The van der Waals surface area contributed by atoms with E-state index in [0.29, 0.717) is 40.5 Å². The summed E-state index contributed by atoms with van der Waals surface area (Å²) < 4.78 is 43.4. The van der Waals surface area contributed by atoms with Crippen LogP contribution in [0.3, 0.4) is 0 Å². The molecule has 12 nitrogen and oxygen atoms in total. The quantitative estimate of drug-likeness (QED) is 0.269. The molecule has 15 heteroatoms. The minimum atomic E-state index is -3.49. The molecule has 3 atom stereocenters. The molecule has 0 spiro atoms. The lowest BCUT2D eigenvalue weighted by atomic mass is 9.94. The third-order valence-corrected chi connectivity index (χ3v) is 9.21. The highest BCUT2D eigenvalue weighted by molar-refractivity contribution is 7.92. The van der Waals surface area contributed by atoms with Crippen LogP contribution in [-0.4, -0.2) is 75.9 Å². The average Bonchev–Trinajstić information content (AvgIpc) is 3.36. The Bertz CT molecular complexity index is 1940. The Balaban J connectivity index is 1.39. The first-order chi connectivity index (χ1) is 21.2. The van der Waals surface area contributed by atoms with Gasteiger partial charge in [-0.2, -0.15) is 0 Å². The van der Waals surface area contributed by atoms with Crippen LogP contribution in [0.1, 0.15) is 20.8 Å². The lowest BCUT2D eigenvalue weighted by molar-refractivity contribution is 0.0518. The maximum absolute atomic E-state index is 12.4. The SMILES string of the molecule is CS(=O)c1ncc2cc(-c3c(Cl)cccc3-c3ccc(NS(C)(=O)=O)nc3)c(N3CC4C(C3)C4NC(=O)OC(C)(C)C)nc2n1. The maximum Gasteiger partial charge on any atom is 0.407 e. The molecule has 2 fully saturated rings. The van der Waals surface area contributed by atoms with Crippen LogP contribution in [0, 0.1) is 11.8 Å². The molecule has 1 aromatic carbocycles. The summed E-state index contributed by atoms with van der Waals surface area (Å²) in [5, 5.41) is 4.32. The fourth-order valence-corrected chi connectivity index (χ4v) is 6.89. The second kappa shape index (κ2) is 11.5. The van der Waals surface area contributed by atoms with Crippen LogP contribution >= 0.6 is 11.6 Å². The second-order valence-corrected chi connectivity index (χ2v) is 15.7. The van der Waals surface area contributed by atoms with E-state index in [1.165, 1.54) is 6.26 Å². The number of nitrogens with one attached hydrogen (secondary N) is 2. The van der Waals surface area contributed by atoms with Gasteiger partial charge in [-0.25, -0.2) is 33.1 Å². The van der Waals surface area contributed by atoms with Crippen molar-refractivity contribution < 1.29 is 22.2 Å². The predicted molar refractivity (Wildman–Crippen MR) is 174 cm³/mol. The predicted octanol–water partition coefficient (Wildman–Crippen LogP) is 4.48. The number of carbonyl (C=O) groups excluding carboxylic acids is 1. The molecular formula is C30H32ClN7O5S2. The molecule has 236 valence electrons. The van der Waals surface area contributed by atoms with Crippen LogP contribution in [0.25, 0.3) is 33.3 Å². The van der Waals surface area contributed by atoms with E-state index in [4.69, 9.17) is 21.3 Å². The Morgan fingerprint density at radius 2 is 1.80 bits per heavy atom. The molecule has 1 aliphatic carbocycles. The lowest BCUT2D eigenvalue weighted by Crippen LogP contribution is -2.38. The molecule has 3 unspecified atom stereocenters. The Labute approximate surface area is 268 Å². The van der Waals surface area contributed by atoms with E-state index in [9.17, 15) is 17.4 Å². The van der Waals surface area contributed by atoms with Crippen molar-refractivity contribution in [3.63, 3.8) is 0 Å². The van der Waals surface area contributed by atoms with Crippen molar-refractivity contribution in [1.29, 1.82) is 0 Å². The van der Waals surface area contributed by atoms with Crippen molar-refractivity contribution in [1.82, 2.24) is 25.3 Å². The van der Waals surface area contributed by atoms with E-state index in [1.807, 2.05) is 39.0 Å². The van der Waals surface area contributed by atoms with Crippen molar-refractivity contribution >= 4 is 61.2 Å². The summed E-state index contributed by atoms with van der Waals surface area (Å²) in [4.78, 5) is 32.6. The molecule has 4 heterocycles. The number of fused-ring (bicyclic) bond motifs is 2. The van der Waals surface area contributed by atoms with Gasteiger partial charge in [0.05, 0.1) is 17.1 Å². The minimum Gasteiger partial charge on any atom is -0.444 e. The number of pyridine rings is 2. The van der Waals surface area contributed by atoms with Crippen LogP contribution in [0.2, 0.25) is 5.02 Å². The number of aromatic nitrogens is 4. The second-order valence-electron chi connectivity index (χ2n) is 12.3. The number of benzene rings is 1. The Kier molecular flexibility index (Phi) is 7.94. The van der Waals surface area contributed by atoms with E-state index in [2.05, 4.69) is 29.9 Å². The van der Waals surface area contributed by atoms with E-state index in [0.717, 1.165) is 22.9 Å². The summed E-state index contributed by atoms with van der Waals surface area (Å²) in [7, 11) is -4.88. The largest absolute Gasteiger partial charge is 0.444 e. The maximum atomic E-state index is 12.4. The summed E-state index contributed by atoms with van der Waals surface area (Å²) in [6.07, 6.45) is 5.34. The summed E-state index contributed by atoms with van der Waals surface area (Å²) in [5.41, 5.74) is 2.76. The number of piperidine rings is 1. The standard InChI is InChI=1S/C30H32ClN7O5S2/c1-30(2,3)43-29(39)34-25-20-14-38(15-21(20)25)27-19(11-17-13-33-28(44(4)40)36-26(17)35-27)24-18(7-6-8-22(24)31)16-9-10-23(32-12-16)37-45(5,41)42/h6-13,20-21,25H,14-15H2,1-5H3,(H,32,37)(H,34,39). The molecule has 45 heavy (non-hydrogen) atoms. The van der Waals surface area contributed by atoms with Gasteiger partial charge >= 0.3 is 6.09 Å². The number of sulfonamides is 1. The number of anilines is 2. The topological polar surface area (TPSA) is 156 Å². The molecule has 1 amide bonds. The number of nitrogens with zero attached hydrogens (tertiary/aromatic N) is 5. The fraction of sp³-hybridized carbons (Fsp3) is 0.367. The first-order valence-corrected chi connectivity index (χ1v) is 18.0. The van der Waals surface area contributed by atoms with Crippen molar-refractivity contribution in [2.75, 3.05) is 35.2 Å². The minimum absolute atomic E-state index is 0.0115. The van der Waals surface area contributed by atoms with Crippen molar-refractivity contribution in [3.05, 3.63) is 53.8 Å². The third kappa shape index (κ3) is 6.72. The van der Waals surface area contributed by atoms with Gasteiger partial charge in [-0.1, -0.05) is 23.7 Å². The van der Waals surface area contributed by atoms with Crippen molar-refractivity contribution in [2.45, 2.75) is 37.6 Å². The van der Waals surface area contributed by atoms with Gasteiger partial charge in [0.15, 0.2) is 5.65 Å². The Morgan fingerprint density at radius 1 is 1.07 bits per heavy atom. The molecule has 6 rings (SSSR count). The van der Waals surface area contributed by atoms with Crippen LogP contribution in [-0.2, 0) is 25.6 Å². The zero-order valence-corrected chi connectivity index (χ0v) is 27.6. The highest BCUT2D eigenvalue weighted by Gasteiger charge is 2.57. The number of rotatable bonds is 7. The summed E-state index contributed by atoms with van der Waals surface area (Å²) >= 11 is 6.91. The van der Waals surface area contributed by atoms with Gasteiger partial charge in [0.25, 0.3) is 0 Å². The van der Waals surface area contributed by atoms with Crippen molar-refractivity contribution in [2.24, 2.45) is 11.8 Å². The third-order valence-electron chi connectivity index (χ3n) is 7.61.